The van der Waals surface area contributed by atoms with E-state index in [9.17, 15) is 32.3 Å². The Labute approximate surface area is 226 Å². The van der Waals surface area contributed by atoms with Crippen molar-refractivity contribution >= 4 is 34.7 Å². The molecule has 4 aromatic carbocycles. The number of nitrogens with one attached hydrogen (secondary N) is 1. The molecule has 2 N–H and O–H groups in total. The van der Waals surface area contributed by atoms with Crippen LogP contribution in [0.25, 0.3) is 11.1 Å². The van der Waals surface area contributed by atoms with E-state index in [2.05, 4.69) is 10.5 Å². The fraction of sp³-hybridized carbons (Fsp3) is 0.100. The second-order valence-corrected chi connectivity index (χ2v) is 9.22. The van der Waals surface area contributed by atoms with Gasteiger partial charge in [0.25, 0.3) is 5.91 Å². The zero-order chi connectivity index (χ0) is 28.8. The number of aryl methyl sites for hydroxylation is 2. The second kappa shape index (κ2) is 9.96. The molecule has 0 aliphatic carbocycles. The molecule has 1 aliphatic heterocycles. The van der Waals surface area contributed by atoms with Gasteiger partial charge in [0.05, 0.1) is 22.5 Å². The maximum absolute atomic E-state index is 14.7. The highest BCUT2D eigenvalue weighted by atomic mass is 19.4. The van der Waals surface area contributed by atoms with Gasteiger partial charge in [0.15, 0.2) is 5.71 Å². The van der Waals surface area contributed by atoms with Gasteiger partial charge in [-0.05, 0) is 67.4 Å². The van der Waals surface area contributed by atoms with Crippen molar-refractivity contribution < 1.29 is 32.3 Å². The number of hydrogen-bond acceptors (Lipinski definition) is 4. The van der Waals surface area contributed by atoms with Crippen LogP contribution in [0.4, 0.5) is 34.6 Å². The van der Waals surface area contributed by atoms with Gasteiger partial charge in [0.2, 0.25) is 0 Å². The lowest BCUT2D eigenvalue weighted by Crippen LogP contribution is -2.26. The number of alkyl halides is 3. The molecule has 202 valence electrons. The van der Waals surface area contributed by atoms with Crippen LogP contribution in [0.3, 0.4) is 0 Å². The normalized spacial score (nSPS) is 14.0. The molecule has 40 heavy (non-hydrogen) atoms. The zero-order valence-corrected chi connectivity index (χ0v) is 21.2. The molecule has 4 aromatic rings. The summed E-state index contributed by atoms with van der Waals surface area (Å²) in [7, 11) is 0. The smallest absolute Gasteiger partial charge is 0.416 e. The average molecular weight is 548 g/mol. The van der Waals surface area contributed by atoms with Gasteiger partial charge in [-0.3, -0.25) is 15.1 Å². The number of carbonyl (C=O) groups excluding carboxylic acids is 1. The molecule has 6 nitrogen and oxygen atoms in total. The highest BCUT2D eigenvalue weighted by Crippen LogP contribution is 2.41. The van der Waals surface area contributed by atoms with E-state index in [-0.39, 0.29) is 39.3 Å². The summed E-state index contributed by atoms with van der Waals surface area (Å²) in [6.45, 7) is 3.68. The summed E-state index contributed by atoms with van der Waals surface area (Å²) in [5.41, 5.74) is 3.57. The first kappa shape index (κ1) is 26.6. The van der Waals surface area contributed by atoms with Crippen molar-refractivity contribution in [1.82, 2.24) is 0 Å². The third-order valence-electron chi connectivity index (χ3n) is 6.71. The van der Waals surface area contributed by atoms with E-state index in [4.69, 9.17) is 0 Å². The van der Waals surface area contributed by atoms with Gasteiger partial charge < -0.3 is 5.11 Å². The minimum absolute atomic E-state index is 0.0236. The Morgan fingerprint density at radius 2 is 1.60 bits per heavy atom. The molecular weight excluding hydrogens is 526 g/mol. The lowest BCUT2D eigenvalue weighted by molar-refractivity contribution is -0.137. The van der Waals surface area contributed by atoms with Crippen LogP contribution < -0.4 is 10.3 Å². The molecule has 0 radical (unpaired) electrons. The quantitative estimate of drug-likeness (QED) is 0.203. The summed E-state index contributed by atoms with van der Waals surface area (Å²) in [5, 5.41) is 14.0. The van der Waals surface area contributed by atoms with Crippen LogP contribution in [-0.4, -0.2) is 22.7 Å². The average Bonchev–Trinajstić information content (AvgIpc) is 3.19. The van der Waals surface area contributed by atoms with E-state index >= 15 is 0 Å². The minimum Gasteiger partial charge on any atom is -0.478 e. The van der Waals surface area contributed by atoms with Crippen molar-refractivity contribution in [3.05, 3.63) is 112 Å². The number of hydrazone groups is 1. The topological polar surface area (TPSA) is 82.0 Å². The van der Waals surface area contributed by atoms with E-state index in [0.29, 0.717) is 5.69 Å². The van der Waals surface area contributed by atoms with Gasteiger partial charge in [0.1, 0.15) is 5.82 Å². The molecule has 0 fully saturated rings. The lowest BCUT2D eigenvalue weighted by atomic mass is 9.99. The van der Waals surface area contributed by atoms with E-state index < -0.39 is 29.4 Å². The van der Waals surface area contributed by atoms with Crippen LogP contribution in [-0.2, 0) is 11.0 Å². The highest BCUT2D eigenvalue weighted by Gasteiger charge is 2.39. The number of aromatic carboxylic acids is 1. The molecule has 0 saturated heterocycles. The van der Waals surface area contributed by atoms with Gasteiger partial charge in [-0.2, -0.15) is 18.3 Å². The number of carboxylic acids is 1. The van der Waals surface area contributed by atoms with Gasteiger partial charge >= 0.3 is 12.1 Å². The number of carboxylic acid groups (broad SMARTS) is 1. The predicted octanol–water partition coefficient (Wildman–Crippen LogP) is 7.32. The first-order chi connectivity index (χ1) is 19.0. The maximum Gasteiger partial charge on any atom is 0.416 e. The first-order valence-corrected chi connectivity index (χ1v) is 12.1. The summed E-state index contributed by atoms with van der Waals surface area (Å²) >= 11 is 0. The van der Waals surface area contributed by atoms with Crippen molar-refractivity contribution in [2.24, 2.45) is 5.10 Å². The zero-order valence-electron chi connectivity index (χ0n) is 21.2. The molecule has 1 aliphatic rings. The number of rotatable bonds is 5. The summed E-state index contributed by atoms with van der Waals surface area (Å²) in [4.78, 5) is 26.8. The molecular formula is C30H21F4N3O3. The number of halogens is 4. The molecule has 10 heteroatoms. The van der Waals surface area contributed by atoms with E-state index in [1.165, 1.54) is 36.4 Å². The SMILES string of the molecule is Cc1ccc(N2C(=O)C(=NNc3c(C(=O)O)cccc3-c3ccccc3F)c3ccc(C(F)(F)F)cc32)cc1C. The van der Waals surface area contributed by atoms with Crippen LogP contribution >= 0.6 is 0 Å². The van der Waals surface area contributed by atoms with Crippen molar-refractivity contribution in [2.45, 2.75) is 20.0 Å². The fourth-order valence-corrected chi connectivity index (χ4v) is 4.52. The summed E-state index contributed by atoms with van der Waals surface area (Å²) in [5.74, 6) is -2.65. The number of carbonyl (C=O) groups is 2. The predicted molar refractivity (Wildman–Crippen MR) is 143 cm³/mol. The third-order valence-corrected chi connectivity index (χ3v) is 6.71. The Bertz CT molecular complexity index is 1710. The lowest BCUT2D eigenvalue weighted by Gasteiger charge is -2.19. The van der Waals surface area contributed by atoms with E-state index in [0.717, 1.165) is 34.2 Å². The van der Waals surface area contributed by atoms with Crippen LogP contribution in [0, 0.1) is 19.7 Å². The van der Waals surface area contributed by atoms with Crippen molar-refractivity contribution in [3.63, 3.8) is 0 Å². The van der Waals surface area contributed by atoms with Crippen molar-refractivity contribution in [1.29, 1.82) is 0 Å². The number of hydrogen-bond donors (Lipinski definition) is 2. The Kier molecular flexibility index (Phi) is 6.62. The van der Waals surface area contributed by atoms with Crippen molar-refractivity contribution in [3.8, 4) is 11.1 Å². The van der Waals surface area contributed by atoms with Crippen molar-refractivity contribution in [2.75, 3.05) is 10.3 Å². The Balaban J connectivity index is 1.67. The largest absolute Gasteiger partial charge is 0.478 e. The van der Waals surface area contributed by atoms with Gasteiger partial charge in [-0.25, -0.2) is 9.18 Å². The first-order valence-electron chi connectivity index (χ1n) is 12.1. The summed E-state index contributed by atoms with van der Waals surface area (Å²) in [6, 6.07) is 17.9. The maximum atomic E-state index is 14.7. The molecule has 0 unspecified atom stereocenters. The molecule has 0 aromatic heterocycles. The van der Waals surface area contributed by atoms with Crippen LogP contribution in [0.2, 0.25) is 0 Å². The third kappa shape index (κ3) is 4.68. The molecule has 0 saturated carbocycles. The molecule has 1 amide bonds. The number of para-hydroxylation sites is 1. The molecule has 0 bridgehead atoms. The van der Waals surface area contributed by atoms with Crippen LogP contribution in [0.1, 0.15) is 32.6 Å². The number of anilines is 3. The van der Waals surface area contributed by atoms with E-state index in [1.54, 1.807) is 24.3 Å². The van der Waals surface area contributed by atoms with Gasteiger partial charge in [-0.1, -0.05) is 36.4 Å². The number of fused-ring (bicyclic) bond motifs is 1. The van der Waals surface area contributed by atoms with Gasteiger partial charge in [0, 0.05) is 22.4 Å². The Morgan fingerprint density at radius 1 is 0.875 bits per heavy atom. The molecule has 5 rings (SSSR count). The Morgan fingerprint density at radius 3 is 2.27 bits per heavy atom. The Hall–Kier alpha value is -4.99. The summed E-state index contributed by atoms with van der Waals surface area (Å²) in [6.07, 6.45) is -4.65. The molecule has 1 heterocycles. The highest BCUT2D eigenvalue weighted by molar-refractivity contribution is 6.55. The molecule has 0 atom stereocenters. The molecule has 0 spiro atoms. The number of benzene rings is 4. The number of amides is 1. The van der Waals surface area contributed by atoms with E-state index in [1.807, 2.05) is 13.8 Å². The minimum atomic E-state index is -4.65. The number of nitrogens with zero attached hydrogens (tertiary/aromatic N) is 2. The van der Waals surface area contributed by atoms with Gasteiger partial charge in [-0.15, -0.1) is 0 Å². The summed E-state index contributed by atoms with van der Waals surface area (Å²) < 4.78 is 55.4. The second-order valence-electron chi connectivity index (χ2n) is 9.22. The standard InChI is InChI=1S/C30H21F4N3O3/c1-16-10-12-19(14-17(16)2)37-25-15-18(30(32,33)34)11-13-22(25)27(28(37)38)36-35-26-21(7-5-8-23(26)29(39)40)20-6-3-4-9-24(20)31/h3-15,35H,1-2H3,(H,39,40). The monoisotopic (exact) mass is 547 g/mol. The van der Waals surface area contributed by atoms with Crippen LogP contribution in [0.15, 0.2) is 84.0 Å². The fourth-order valence-electron chi connectivity index (χ4n) is 4.52. The van der Waals surface area contributed by atoms with Crippen LogP contribution in [0.5, 0.6) is 0 Å².